The Labute approximate surface area is 312 Å². The molecule has 6 rings (SSSR count). The second-order valence-electron chi connectivity index (χ2n) is 20.5. The highest BCUT2D eigenvalue weighted by Gasteiger charge is 2.64. The molecule has 0 radical (unpaired) electrons. The number of fused-ring (bicyclic) bond motifs is 2. The van der Waals surface area contributed by atoms with E-state index < -0.39 is 8.07 Å². The average molecular weight is 693 g/mol. The highest BCUT2D eigenvalue weighted by Crippen LogP contribution is 2.62. The third-order valence-corrected chi connectivity index (χ3v) is 17.9. The van der Waals surface area contributed by atoms with E-state index in [-0.39, 0.29) is 31.7 Å². The van der Waals surface area contributed by atoms with Crippen LogP contribution in [0.4, 0.5) is 0 Å². The molecule has 2 atom stereocenters. The van der Waals surface area contributed by atoms with Gasteiger partial charge in [0.1, 0.15) is 0 Å². The van der Waals surface area contributed by atoms with Gasteiger partial charge in [-0.15, -0.1) is 0 Å². The van der Waals surface area contributed by atoms with Crippen molar-refractivity contribution < 1.29 is 0 Å². The molecule has 0 spiro atoms. The lowest BCUT2D eigenvalue weighted by Gasteiger charge is -2.56. The number of benzene rings is 4. The smallest absolute Gasteiger partial charge is 0.0718 e. The topological polar surface area (TPSA) is 0 Å². The predicted molar refractivity (Wildman–Crippen MR) is 227 cm³/mol. The molecular weight excluding hydrogens is 629 g/mol. The molecule has 0 saturated carbocycles. The van der Waals surface area contributed by atoms with Gasteiger partial charge in [-0.25, -0.2) is 0 Å². The van der Waals surface area contributed by atoms with Gasteiger partial charge in [0.05, 0.1) is 8.07 Å². The quantitative estimate of drug-likeness (QED) is 0.187. The van der Waals surface area contributed by atoms with Gasteiger partial charge in [0.2, 0.25) is 0 Å². The minimum atomic E-state index is -2.71. The summed E-state index contributed by atoms with van der Waals surface area (Å²) in [5.74, 6) is 0. The van der Waals surface area contributed by atoms with Crippen LogP contribution in [0.3, 0.4) is 0 Å². The zero-order valence-electron chi connectivity index (χ0n) is 34.7. The van der Waals surface area contributed by atoms with Gasteiger partial charge in [0.25, 0.3) is 0 Å². The van der Waals surface area contributed by atoms with Crippen LogP contribution in [0, 0.1) is 13.8 Å². The second kappa shape index (κ2) is 11.8. The molecule has 0 saturated heterocycles. The molecule has 0 amide bonds. The maximum atomic E-state index is 2.74. The summed E-state index contributed by atoms with van der Waals surface area (Å²) in [7, 11) is -2.71. The molecule has 0 fully saturated rings. The Morgan fingerprint density at radius 1 is 0.451 bits per heavy atom. The van der Waals surface area contributed by atoms with Crippen molar-refractivity contribution in [1.82, 2.24) is 0 Å². The molecule has 0 aromatic heterocycles. The maximum absolute atomic E-state index is 2.74. The summed E-state index contributed by atoms with van der Waals surface area (Å²) in [5, 5.41) is -0.614. The zero-order chi connectivity index (χ0) is 37.7. The normalized spacial score (nSPS) is 20.5. The van der Waals surface area contributed by atoms with Gasteiger partial charge < -0.3 is 0 Å². The number of allylic oxidation sites excluding steroid dienone is 2. The van der Waals surface area contributed by atoms with Crippen molar-refractivity contribution >= 4 is 20.2 Å². The Bertz CT molecular complexity index is 1920. The van der Waals surface area contributed by atoms with Crippen LogP contribution in [0.2, 0.25) is 13.1 Å². The molecule has 1 heteroatoms. The Morgan fingerprint density at radius 3 is 1.10 bits per heavy atom. The SMILES string of the molecule is Cc1cc(C(C)(C)C)cc(C(C)(C)C)c1C1([Si](C)(C)C2(c3c(C)cc(C(C)(C)C)cc3C(C)(C)C)C=Cc3ccccc32)C=Cc2ccccc21. The second-order valence-corrected chi connectivity index (χ2v) is 25.3. The Kier molecular flexibility index (Phi) is 8.63. The summed E-state index contributed by atoms with van der Waals surface area (Å²) in [4.78, 5) is 0. The molecule has 0 nitrogen and oxygen atoms in total. The van der Waals surface area contributed by atoms with Gasteiger partial charge in [-0.1, -0.05) is 193 Å². The molecule has 2 unspecified atom stereocenters. The number of hydrogen-bond acceptors (Lipinski definition) is 0. The zero-order valence-corrected chi connectivity index (χ0v) is 35.7. The van der Waals surface area contributed by atoms with Crippen LogP contribution in [-0.2, 0) is 31.7 Å². The standard InChI is InChI=1S/C50H64Si/c1-33-29-37(45(3,4)5)31-41(47(9,10)11)43(33)49(27-25-35-21-17-19-23-39(35)49)51(15,16)50(28-26-36-22-18-20-24-40(36)50)44-34(2)30-38(46(6,7)8)32-42(44)48(12,13)14/h17-32H,1-16H3. The van der Waals surface area contributed by atoms with Gasteiger partial charge >= 0.3 is 0 Å². The number of rotatable bonds is 4. The molecule has 0 aliphatic heterocycles. The Hall–Kier alpha value is -3.42. The first-order valence-electron chi connectivity index (χ1n) is 19.3. The van der Waals surface area contributed by atoms with E-state index in [1.54, 1.807) is 0 Å². The van der Waals surface area contributed by atoms with Crippen LogP contribution in [0.25, 0.3) is 12.2 Å². The maximum Gasteiger partial charge on any atom is 0.0901 e. The summed E-state index contributed by atoms with van der Waals surface area (Å²) in [6.45, 7) is 39.0. The molecule has 4 aromatic rings. The van der Waals surface area contributed by atoms with E-state index >= 15 is 0 Å². The van der Waals surface area contributed by atoms with Crippen LogP contribution in [0.5, 0.6) is 0 Å². The fourth-order valence-corrected chi connectivity index (χ4v) is 15.1. The first-order chi connectivity index (χ1) is 23.4. The first-order valence-corrected chi connectivity index (χ1v) is 22.3. The van der Waals surface area contributed by atoms with Crippen molar-refractivity contribution in [1.29, 1.82) is 0 Å². The molecule has 0 N–H and O–H groups in total. The largest absolute Gasteiger partial charge is 0.0901 e. The summed E-state index contributed by atoms with van der Waals surface area (Å²) in [6.07, 6.45) is 10.3. The van der Waals surface area contributed by atoms with E-state index in [0.717, 1.165) is 0 Å². The van der Waals surface area contributed by atoms with Gasteiger partial charge in [0, 0.05) is 10.1 Å². The number of hydrogen-bond donors (Lipinski definition) is 0. The number of aryl methyl sites for hydroxylation is 2. The fourth-order valence-electron chi connectivity index (χ4n) is 9.74. The van der Waals surface area contributed by atoms with Gasteiger partial charge in [-0.05, 0) is 102 Å². The monoisotopic (exact) mass is 692 g/mol. The highest BCUT2D eigenvalue weighted by molar-refractivity contribution is 6.86. The van der Waals surface area contributed by atoms with Crippen molar-refractivity contribution in [2.45, 2.75) is 142 Å². The first kappa shape index (κ1) is 37.3. The molecule has 4 aromatic carbocycles. The van der Waals surface area contributed by atoms with Crippen LogP contribution in [0.1, 0.15) is 150 Å². The lowest BCUT2D eigenvalue weighted by molar-refractivity contribution is 0.553. The average Bonchev–Trinajstić information content (AvgIpc) is 3.60. The summed E-state index contributed by atoms with van der Waals surface area (Å²) >= 11 is 0. The molecule has 0 bridgehead atoms. The molecule has 2 aliphatic carbocycles. The fraction of sp³-hybridized carbons (Fsp3) is 0.440. The van der Waals surface area contributed by atoms with E-state index in [1.807, 2.05) is 0 Å². The van der Waals surface area contributed by atoms with Crippen LogP contribution in [0.15, 0.2) is 84.9 Å². The molecule has 51 heavy (non-hydrogen) atoms. The minimum absolute atomic E-state index is 0.0503. The van der Waals surface area contributed by atoms with Crippen LogP contribution < -0.4 is 0 Å². The van der Waals surface area contributed by atoms with Gasteiger partial charge in [-0.3, -0.25) is 0 Å². The Morgan fingerprint density at radius 2 is 0.784 bits per heavy atom. The molecule has 0 heterocycles. The minimum Gasteiger partial charge on any atom is -0.0718 e. The lowest BCUT2D eigenvalue weighted by atomic mass is 9.72. The van der Waals surface area contributed by atoms with Crippen molar-refractivity contribution in [3.63, 3.8) is 0 Å². The summed E-state index contributed by atoms with van der Waals surface area (Å²) < 4.78 is 0. The van der Waals surface area contributed by atoms with Gasteiger partial charge in [0.15, 0.2) is 0 Å². The molecular formula is C50H64Si. The van der Waals surface area contributed by atoms with E-state index in [1.165, 1.54) is 66.8 Å². The van der Waals surface area contributed by atoms with Crippen molar-refractivity contribution in [2.75, 3.05) is 0 Å². The van der Waals surface area contributed by atoms with Crippen LogP contribution >= 0.6 is 0 Å². The third kappa shape index (κ3) is 5.60. The molecule has 2 aliphatic rings. The third-order valence-electron chi connectivity index (χ3n) is 12.6. The van der Waals surface area contributed by atoms with Crippen LogP contribution in [-0.4, -0.2) is 8.07 Å². The van der Waals surface area contributed by atoms with E-state index in [2.05, 4.69) is 207 Å². The molecule has 268 valence electrons. The Balaban J connectivity index is 1.85. The van der Waals surface area contributed by atoms with E-state index in [4.69, 9.17) is 0 Å². The summed E-state index contributed by atoms with van der Waals surface area (Å²) in [5.41, 5.74) is 17.3. The summed E-state index contributed by atoms with van der Waals surface area (Å²) in [6, 6.07) is 28.9. The van der Waals surface area contributed by atoms with E-state index in [9.17, 15) is 0 Å². The van der Waals surface area contributed by atoms with E-state index in [0.29, 0.717) is 0 Å². The lowest BCUT2D eigenvalue weighted by Crippen LogP contribution is -2.65. The van der Waals surface area contributed by atoms with Crippen molar-refractivity contribution in [3.05, 3.63) is 152 Å². The van der Waals surface area contributed by atoms with Gasteiger partial charge in [-0.2, -0.15) is 0 Å². The predicted octanol–water partition coefficient (Wildman–Crippen LogP) is 13.6. The van der Waals surface area contributed by atoms with Crippen molar-refractivity contribution in [3.8, 4) is 0 Å². The van der Waals surface area contributed by atoms with Crippen molar-refractivity contribution in [2.24, 2.45) is 0 Å². The highest BCUT2D eigenvalue weighted by atomic mass is 28.3.